The van der Waals surface area contributed by atoms with Gasteiger partial charge < -0.3 is 15.5 Å². The van der Waals surface area contributed by atoms with Gasteiger partial charge in [0.2, 0.25) is 5.91 Å². The quantitative estimate of drug-likeness (QED) is 0.540. The molecule has 2 atom stereocenters. The molecule has 0 bridgehead atoms. The van der Waals surface area contributed by atoms with E-state index in [1.807, 2.05) is 0 Å². The van der Waals surface area contributed by atoms with E-state index in [2.05, 4.69) is 5.32 Å². The van der Waals surface area contributed by atoms with Crippen LogP contribution in [0.3, 0.4) is 0 Å². The third kappa shape index (κ3) is 3.49. The largest absolute Gasteiger partial charge is 0.481 e. The van der Waals surface area contributed by atoms with E-state index in [9.17, 15) is 14.7 Å². The van der Waals surface area contributed by atoms with Gasteiger partial charge in [-0.05, 0) is 6.92 Å². The van der Waals surface area contributed by atoms with Crippen LogP contribution in [0.25, 0.3) is 0 Å². The van der Waals surface area contributed by atoms with Crippen molar-refractivity contribution in [1.82, 2.24) is 10.2 Å². The molecule has 0 saturated carbocycles. The number of hydrogen-bond donors (Lipinski definition) is 3. The number of carbonyl (C=O) groups is 2. The SMILES string of the molecule is CC1C(=O)NCCN1CC(O)CC(=O)O. The third-order valence-electron chi connectivity index (χ3n) is 2.48. The molecule has 3 N–H and O–H groups in total. The lowest BCUT2D eigenvalue weighted by molar-refractivity contribution is -0.139. The first kappa shape index (κ1) is 11.9. The van der Waals surface area contributed by atoms with Crippen molar-refractivity contribution in [3.8, 4) is 0 Å². The van der Waals surface area contributed by atoms with Gasteiger partial charge in [0, 0.05) is 19.6 Å². The van der Waals surface area contributed by atoms with Crippen LogP contribution in [0.15, 0.2) is 0 Å². The molecule has 6 heteroatoms. The van der Waals surface area contributed by atoms with E-state index >= 15 is 0 Å². The summed E-state index contributed by atoms with van der Waals surface area (Å²) in [6.45, 7) is 3.15. The van der Waals surface area contributed by atoms with Crippen LogP contribution in [0.1, 0.15) is 13.3 Å². The summed E-state index contributed by atoms with van der Waals surface area (Å²) in [7, 11) is 0. The number of β-amino-alcohol motifs (C(OH)–C–C–N with tert-alkyl or cyclic N) is 1. The smallest absolute Gasteiger partial charge is 0.306 e. The lowest BCUT2D eigenvalue weighted by Crippen LogP contribution is -2.55. The Morgan fingerprint density at radius 3 is 3.00 bits per heavy atom. The van der Waals surface area contributed by atoms with E-state index in [4.69, 9.17) is 5.11 Å². The number of carboxylic acids is 1. The second kappa shape index (κ2) is 5.09. The molecule has 6 nitrogen and oxygen atoms in total. The summed E-state index contributed by atoms with van der Waals surface area (Å²) in [5, 5.41) is 20.6. The predicted octanol–water partition coefficient (Wildman–Crippen LogP) is -1.36. The van der Waals surface area contributed by atoms with Gasteiger partial charge >= 0.3 is 5.97 Å². The standard InChI is InChI=1S/C9H16N2O4/c1-6-9(15)10-2-3-11(6)5-7(12)4-8(13)14/h6-7,12H,2-5H2,1H3,(H,10,15)(H,13,14). The van der Waals surface area contributed by atoms with Crippen LogP contribution in [0.2, 0.25) is 0 Å². The molecule has 1 amide bonds. The maximum atomic E-state index is 11.3. The lowest BCUT2D eigenvalue weighted by atomic mass is 10.1. The van der Waals surface area contributed by atoms with Crippen LogP contribution in [0.4, 0.5) is 0 Å². The Morgan fingerprint density at radius 1 is 1.73 bits per heavy atom. The molecule has 0 aromatic heterocycles. The zero-order chi connectivity index (χ0) is 11.4. The molecular weight excluding hydrogens is 200 g/mol. The summed E-state index contributed by atoms with van der Waals surface area (Å²) in [6, 6.07) is -0.304. The minimum atomic E-state index is -1.03. The number of rotatable bonds is 4. The average molecular weight is 216 g/mol. The van der Waals surface area contributed by atoms with Gasteiger partial charge in [0.15, 0.2) is 0 Å². The van der Waals surface area contributed by atoms with Gasteiger partial charge in [-0.25, -0.2) is 0 Å². The fraction of sp³-hybridized carbons (Fsp3) is 0.778. The van der Waals surface area contributed by atoms with E-state index in [1.165, 1.54) is 0 Å². The molecule has 15 heavy (non-hydrogen) atoms. The van der Waals surface area contributed by atoms with Crippen molar-refractivity contribution in [2.75, 3.05) is 19.6 Å². The van der Waals surface area contributed by atoms with Crippen molar-refractivity contribution < 1.29 is 19.8 Å². The second-order valence-electron chi connectivity index (χ2n) is 3.71. The first-order valence-electron chi connectivity index (χ1n) is 4.92. The summed E-state index contributed by atoms with van der Waals surface area (Å²) in [6.07, 6.45) is -1.21. The number of amides is 1. The van der Waals surface area contributed by atoms with E-state index in [0.29, 0.717) is 13.1 Å². The average Bonchev–Trinajstić information content (AvgIpc) is 2.11. The van der Waals surface area contributed by atoms with Gasteiger partial charge in [0.25, 0.3) is 0 Å². The topological polar surface area (TPSA) is 89.9 Å². The van der Waals surface area contributed by atoms with Crippen molar-refractivity contribution >= 4 is 11.9 Å². The number of carboxylic acid groups (broad SMARTS) is 1. The van der Waals surface area contributed by atoms with Crippen LogP contribution < -0.4 is 5.32 Å². The highest BCUT2D eigenvalue weighted by molar-refractivity contribution is 5.82. The molecule has 0 aliphatic carbocycles. The molecule has 1 rings (SSSR count). The first-order valence-corrected chi connectivity index (χ1v) is 4.92. The summed E-state index contributed by atoms with van der Waals surface area (Å²) < 4.78 is 0. The molecular formula is C9H16N2O4. The molecule has 0 spiro atoms. The summed E-state index contributed by atoms with van der Waals surface area (Å²) in [5.74, 6) is -1.11. The van der Waals surface area contributed by atoms with Gasteiger partial charge in [-0.2, -0.15) is 0 Å². The Labute approximate surface area is 87.9 Å². The van der Waals surface area contributed by atoms with Gasteiger partial charge in [0.1, 0.15) is 0 Å². The predicted molar refractivity (Wildman–Crippen MR) is 52.3 cm³/mol. The van der Waals surface area contributed by atoms with Crippen molar-refractivity contribution in [3.05, 3.63) is 0 Å². The number of aliphatic hydroxyl groups excluding tert-OH is 1. The number of nitrogens with zero attached hydrogens (tertiary/aromatic N) is 1. The summed E-state index contributed by atoms with van der Waals surface area (Å²) in [4.78, 5) is 23.4. The zero-order valence-corrected chi connectivity index (χ0v) is 8.64. The normalized spacial score (nSPS) is 24.7. The number of aliphatic hydroxyl groups is 1. The Kier molecular flexibility index (Phi) is 4.05. The highest BCUT2D eigenvalue weighted by Gasteiger charge is 2.27. The maximum absolute atomic E-state index is 11.3. The van der Waals surface area contributed by atoms with Crippen LogP contribution in [0.5, 0.6) is 0 Å². The highest BCUT2D eigenvalue weighted by atomic mass is 16.4. The van der Waals surface area contributed by atoms with Crippen LogP contribution in [-0.2, 0) is 9.59 Å². The van der Waals surface area contributed by atoms with Crippen molar-refractivity contribution in [2.24, 2.45) is 0 Å². The van der Waals surface area contributed by atoms with E-state index in [-0.39, 0.29) is 24.9 Å². The van der Waals surface area contributed by atoms with E-state index < -0.39 is 12.1 Å². The molecule has 1 aliphatic heterocycles. The Bertz CT molecular complexity index is 256. The molecule has 0 radical (unpaired) electrons. The second-order valence-corrected chi connectivity index (χ2v) is 3.71. The molecule has 2 unspecified atom stereocenters. The molecule has 1 fully saturated rings. The molecule has 1 saturated heterocycles. The Balaban J connectivity index is 2.42. The van der Waals surface area contributed by atoms with Gasteiger partial charge in [-0.15, -0.1) is 0 Å². The minimum absolute atomic E-state index is 0.0798. The van der Waals surface area contributed by atoms with Crippen LogP contribution in [-0.4, -0.2) is 58.8 Å². The monoisotopic (exact) mass is 216 g/mol. The Morgan fingerprint density at radius 2 is 2.40 bits per heavy atom. The maximum Gasteiger partial charge on any atom is 0.306 e. The minimum Gasteiger partial charge on any atom is -0.481 e. The molecule has 0 aromatic carbocycles. The van der Waals surface area contributed by atoms with Crippen molar-refractivity contribution in [3.63, 3.8) is 0 Å². The van der Waals surface area contributed by atoms with Crippen molar-refractivity contribution in [2.45, 2.75) is 25.5 Å². The Hall–Kier alpha value is -1.14. The fourth-order valence-electron chi connectivity index (χ4n) is 1.62. The van der Waals surface area contributed by atoms with Gasteiger partial charge in [-0.1, -0.05) is 0 Å². The molecule has 1 aliphatic rings. The summed E-state index contributed by atoms with van der Waals surface area (Å²) in [5.41, 5.74) is 0. The fourth-order valence-corrected chi connectivity index (χ4v) is 1.62. The number of nitrogens with one attached hydrogen (secondary N) is 1. The number of piperazine rings is 1. The number of carbonyl (C=O) groups excluding carboxylic acids is 1. The molecule has 1 heterocycles. The lowest BCUT2D eigenvalue weighted by Gasteiger charge is -2.33. The number of hydrogen-bond acceptors (Lipinski definition) is 4. The third-order valence-corrected chi connectivity index (χ3v) is 2.48. The van der Waals surface area contributed by atoms with Crippen LogP contribution >= 0.6 is 0 Å². The first-order chi connectivity index (χ1) is 7.00. The van der Waals surface area contributed by atoms with E-state index in [1.54, 1.807) is 11.8 Å². The number of aliphatic carboxylic acids is 1. The molecule has 86 valence electrons. The highest BCUT2D eigenvalue weighted by Crippen LogP contribution is 2.06. The van der Waals surface area contributed by atoms with Crippen molar-refractivity contribution in [1.29, 1.82) is 0 Å². The summed E-state index contributed by atoms with van der Waals surface area (Å²) >= 11 is 0. The van der Waals surface area contributed by atoms with Gasteiger partial charge in [-0.3, -0.25) is 14.5 Å². The zero-order valence-electron chi connectivity index (χ0n) is 8.64. The molecule has 0 aromatic rings. The van der Waals surface area contributed by atoms with E-state index in [0.717, 1.165) is 0 Å². The van der Waals surface area contributed by atoms with Gasteiger partial charge in [0.05, 0.1) is 18.6 Å². The van der Waals surface area contributed by atoms with Crippen LogP contribution in [0, 0.1) is 0 Å².